The van der Waals surface area contributed by atoms with Crippen molar-refractivity contribution >= 4 is 43.6 Å². The molecule has 5 nitrogen and oxygen atoms in total. The van der Waals surface area contributed by atoms with Crippen LogP contribution in [0.2, 0.25) is 0 Å². The standard InChI is InChI=1S/C47H41N5/c1-3-5-16-32-24-28-41-39(30-32)37-26-27-38-40-31-33(17-6-4-2)25-29-42(40)52(44(38)43(37)51(41)36-22-14-9-15-23-36)47-49-45(34-18-10-7-11-19-34)48-46(50-47)35-20-12-8-13-21-35/h7-15,18-31H,3-6,16-17H2,1-2H3. The number of rotatable bonds is 10. The first-order valence-corrected chi connectivity index (χ1v) is 18.7. The second-order valence-corrected chi connectivity index (χ2v) is 13.8. The molecule has 5 heteroatoms. The Morgan fingerprint density at radius 3 is 1.40 bits per heavy atom. The Bertz CT molecular complexity index is 2630. The van der Waals surface area contributed by atoms with Gasteiger partial charge in [-0.05, 0) is 73.2 Å². The number of para-hydroxylation sites is 1. The zero-order chi connectivity index (χ0) is 35.0. The van der Waals surface area contributed by atoms with Gasteiger partial charge in [-0.3, -0.25) is 4.57 Å². The van der Waals surface area contributed by atoms with Gasteiger partial charge in [0.15, 0.2) is 11.6 Å². The molecule has 0 saturated heterocycles. The summed E-state index contributed by atoms with van der Waals surface area (Å²) in [5.41, 5.74) is 10.3. The quantitative estimate of drug-likeness (QED) is 0.145. The molecule has 254 valence electrons. The summed E-state index contributed by atoms with van der Waals surface area (Å²) in [7, 11) is 0. The highest BCUT2D eigenvalue weighted by Crippen LogP contribution is 2.42. The van der Waals surface area contributed by atoms with E-state index in [0.29, 0.717) is 17.6 Å². The first-order valence-electron chi connectivity index (χ1n) is 18.7. The molecule has 0 atom stereocenters. The fourth-order valence-corrected chi connectivity index (χ4v) is 7.72. The molecular formula is C47H41N5. The van der Waals surface area contributed by atoms with Crippen molar-refractivity contribution in [2.75, 3.05) is 0 Å². The first-order chi connectivity index (χ1) is 25.7. The van der Waals surface area contributed by atoms with E-state index < -0.39 is 0 Å². The lowest BCUT2D eigenvalue weighted by Gasteiger charge is -2.13. The Morgan fingerprint density at radius 2 is 0.904 bits per heavy atom. The average Bonchev–Trinajstić information content (AvgIpc) is 3.72. The molecule has 3 aromatic heterocycles. The van der Waals surface area contributed by atoms with Crippen molar-refractivity contribution in [2.24, 2.45) is 0 Å². The predicted octanol–water partition coefficient (Wildman–Crippen LogP) is 12.1. The van der Waals surface area contributed by atoms with Crippen molar-refractivity contribution in [3.63, 3.8) is 0 Å². The molecule has 0 aliphatic carbocycles. The summed E-state index contributed by atoms with van der Waals surface area (Å²) in [6, 6.07) is 49.9. The van der Waals surface area contributed by atoms with Crippen molar-refractivity contribution < 1.29 is 0 Å². The summed E-state index contributed by atoms with van der Waals surface area (Å²) in [5.74, 6) is 1.90. The van der Waals surface area contributed by atoms with Crippen molar-refractivity contribution in [3.05, 3.63) is 151 Å². The summed E-state index contributed by atoms with van der Waals surface area (Å²) in [4.78, 5) is 15.6. The molecule has 0 unspecified atom stereocenters. The van der Waals surface area contributed by atoms with Gasteiger partial charge in [0.2, 0.25) is 5.95 Å². The maximum absolute atomic E-state index is 5.29. The summed E-state index contributed by atoms with van der Waals surface area (Å²) in [5, 5.41) is 4.89. The lowest BCUT2D eigenvalue weighted by molar-refractivity contribution is 0.796. The van der Waals surface area contributed by atoms with Crippen LogP contribution in [0.25, 0.3) is 78.0 Å². The smallest absolute Gasteiger partial charge is 0.238 e. The van der Waals surface area contributed by atoms with Crippen LogP contribution in [0.1, 0.15) is 50.7 Å². The zero-order valence-electron chi connectivity index (χ0n) is 29.8. The molecular weight excluding hydrogens is 635 g/mol. The molecule has 0 spiro atoms. The fraction of sp³-hybridized carbons (Fsp3) is 0.170. The largest absolute Gasteiger partial charge is 0.307 e. The molecule has 0 N–H and O–H groups in total. The summed E-state index contributed by atoms with van der Waals surface area (Å²) in [6.45, 7) is 4.52. The van der Waals surface area contributed by atoms with E-state index in [0.717, 1.165) is 59.0 Å². The normalized spacial score (nSPS) is 11.7. The molecule has 0 aliphatic rings. The van der Waals surface area contributed by atoms with Crippen LogP contribution in [0.15, 0.2) is 140 Å². The van der Waals surface area contributed by atoms with Gasteiger partial charge in [0.1, 0.15) is 0 Å². The van der Waals surface area contributed by atoms with E-state index in [2.05, 4.69) is 126 Å². The van der Waals surface area contributed by atoms with Gasteiger partial charge in [-0.1, -0.05) is 130 Å². The van der Waals surface area contributed by atoms with Gasteiger partial charge >= 0.3 is 0 Å². The van der Waals surface area contributed by atoms with Gasteiger partial charge in [-0.2, -0.15) is 9.97 Å². The highest BCUT2D eigenvalue weighted by Gasteiger charge is 2.24. The Kier molecular flexibility index (Phi) is 8.32. The third-order valence-electron chi connectivity index (χ3n) is 10.3. The average molecular weight is 676 g/mol. The van der Waals surface area contributed by atoms with E-state index in [-0.39, 0.29) is 0 Å². The topological polar surface area (TPSA) is 48.5 Å². The lowest BCUT2D eigenvalue weighted by atomic mass is 10.0. The lowest BCUT2D eigenvalue weighted by Crippen LogP contribution is -2.07. The van der Waals surface area contributed by atoms with E-state index in [1.807, 2.05) is 36.4 Å². The number of hydrogen-bond donors (Lipinski definition) is 0. The van der Waals surface area contributed by atoms with Gasteiger partial charge < -0.3 is 4.57 Å². The van der Waals surface area contributed by atoms with Crippen molar-refractivity contribution in [1.82, 2.24) is 24.1 Å². The molecule has 0 radical (unpaired) electrons. The SMILES string of the molecule is CCCCc1ccc2c(c1)c1ccc3c4cc(CCCC)ccc4n(-c4nc(-c5ccccc5)nc(-c5ccccc5)n4)c3c1n2-c1ccccc1. The summed E-state index contributed by atoms with van der Waals surface area (Å²) in [6.07, 6.45) is 6.79. The van der Waals surface area contributed by atoms with E-state index in [4.69, 9.17) is 15.0 Å². The van der Waals surface area contributed by atoms with Crippen LogP contribution in [0, 0.1) is 0 Å². The molecule has 0 bridgehead atoms. The number of unbranched alkanes of at least 4 members (excludes halogenated alkanes) is 2. The van der Waals surface area contributed by atoms with Crippen LogP contribution in [0.3, 0.4) is 0 Å². The molecule has 9 aromatic rings. The van der Waals surface area contributed by atoms with Crippen LogP contribution < -0.4 is 0 Å². The third kappa shape index (κ3) is 5.54. The third-order valence-corrected chi connectivity index (χ3v) is 10.3. The van der Waals surface area contributed by atoms with Crippen molar-refractivity contribution in [1.29, 1.82) is 0 Å². The van der Waals surface area contributed by atoms with Crippen LogP contribution in [0.5, 0.6) is 0 Å². The van der Waals surface area contributed by atoms with Crippen molar-refractivity contribution in [2.45, 2.75) is 52.4 Å². The number of aromatic nitrogens is 5. The highest BCUT2D eigenvalue weighted by atomic mass is 15.2. The van der Waals surface area contributed by atoms with Crippen LogP contribution >= 0.6 is 0 Å². The molecule has 52 heavy (non-hydrogen) atoms. The first kappa shape index (κ1) is 31.9. The number of benzene rings is 6. The minimum Gasteiger partial charge on any atom is -0.307 e. The van der Waals surface area contributed by atoms with Gasteiger partial charge in [-0.25, -0.2) is 4.98 Å². The van der Waals surface area contributed by atoms with Crippen LogP contribution in [-0.4, -0.2) is 24.1 Å². The minimum absolute atomic E-state index is 0.606. The number of fused-ring (bicyclic) bond motifs is 7. The molecule has 9 rings (SSSR count). The van der Waals surface area contributed by atoms with Gasteiger partial charge in [-0.15, -0.1) is 0 Å². The fourth-order valence-electron chi connectivity index (χ4n) is 7.72. The van der Waals surface area contributed by atoms with E-state index in [1.54, 1.807) is 0 Å². The van der Waals surface area contributed by atoms with Gasteiger partial charge in [0, 0.05) is 38.4 Å². The van der Waals surface area contributed by atoms with E-state index in [9.17, 15) is 0 Å². The zero-order valence-corrected chi connectivity index (χ0v) is 29.8. The Labute approximate surface area is 304 Å². The predicted molar refractivity (Wildman–Crippen MR) is 217 cm³/mol. The molecule has 6 aromatic carbocycles. The Hall–Kier alpha value is -6.07. The Morgan fingerprint density at radius 1 is 0.442 bits per heavy atom. The Balaban J connectivity index is 1.44. The van der Waals surface area contributed by atoms with Crippen molar-refractivity contribution in [3.8, 4) is 34.4 Å². The maximum Gasteiger partial charge on any atom is 0.238 e. The second kappa shape index (κ2) is 13.6. The molecule has 0 saturated carbocycles. The van der Waals surface area contributed by atoms with Crippen LogP contribution in [-0.2, 0) is 12.8 Å². The van der Waals surface area contributed by atoms with Gasteiger partial charge in [0.25, 0.3) is 0 Å². The number of nitrogens with zero attached hydrogens (tertiary/aromatic N) is 5. The summed E-state index contributed by atoms with van der Waals surface area (Å²) < 4.78 is 4.74. The molecule has 0 aliphatic heterocycles. The minimum atomic E-state index is 0.606. The number of hydrogen-bond acceptors (Lipinski definition) is 3. The number of aryl methyl sites for hydroxylation is 2. The monoisotopic (exact) mass is 675 g/mol. The van der Waals surface area contributed by atoms with E-state index in [1.165, 1.54) is 51.0 Å². The second-order valence-electron chi connectivity index (χ2n) is 13.8. The highest BCUT2D eigenvalue weighted by molar-refractivity contribution is 6.23. The molecule has 0 fully saturated rings. The van der Waals surface area contributed by atoms with Gasteiger partial charge in [0.05, 0.1) is 22.1 Å². The van der Waals surface area contributed by atoms with Crippen LogP contribution in [0.4, 0.5) is 0 Å². The maximum atomic E-state index is 5.29. The van der Waals surface area contributed by atoms with E-state index >= 15 is 0 Å². The summed E-state index contributed by atoms with van der Waals surface area (Å²) >= 11 is 0. The molecule has 3 heterocycles. The molecule has 0 amide bonds.